The average Bonchev–Trinajstić information content (AvgIpc) is 3.16. The molecule has 3 aromatic heterocycles. The molecule has 0 aliphatic rings. The van der Waals surface area contributed by atoms with Gasteiger partial charge in [0.1, 0.15) is 0 Å². The minimum atomic E-state index is -2.16. The molecule has 0 spiro atoms. The van der Waals surface area contributed by atoms with E-state index in [-0.39, 0.29) is 31.5 Å². The molecule has 0 unspecified atom stereocenters. The second-order valence-electron chi connectivity index (χ2n) is 9.90. The molecule has 4 heteroatoms. The van der Waals surface area contributed by atoms with E-state index in [9.17, 15) is 0 Å². The molecule has 0 aliphatic heterocycles. The molecule has 3 nitrogen and oxygen atoms in total. The normalized spacial score (nSPS) is 12.4. The third-order valence-corrected chi connectivity index (χ3v) is 6.65. The SMILES string of the molecule is Cc1cc(-c2[c-]cccc2)ncc1-c1ccccc1.[2H]C([2H])([2H])c1cccc(-c2[c-]cccc2)n1.[2H]C([2H])([2H])c1cccc(-c2[c-]cccc2)n1.[Ir+3]. The minimum Gasteiger partial charge on any atom is -0.304 e. The van der Waals surface area contributed by atoms with Crippen molar-refractivity contribution in [2.24, 2.45) is 0 Å². The Morgan fingerprint density at radius 3 is 1.43 bits per heavy atom. The van der Waals surface area contributed by atoms with Gasteiger partial charge in [0, 0.05) is 31.4 Å². The molecule has 3 heterocycles. The van der Waals surface area contributed by atoms with E-state index in [4.69, 9.17) is 8.22 Å². The predicted octanol–water partition coefficient (Wildman–Crippen LogP) is 10.2. The molecule has 46 heavy (non-hydrogen) atoms. The van der Waals surface area contributed by atoms with Crippen LogP contribution in [-0.4, -0.2) is 15.0 Å². The zero-order chi connectivity index (χ0) is 36.3. The summed E-state index contributed by atoms with van der Waals surface area (Å²) in [6.07, 6.45) is 1.95. The van der Waals surface area contributed by atoms with Gasteiger partial charge in [0.2, 0.25) is 0 Å². The Labute approximate surface area is 294 Å². The first-order chi connectivity index (χ1) is 24.5. The number of benzene rings is 4. The minimum absolute atomic E-state index is 0. The molecule has 0 N–H and O–H groups in total. The number of aryl methyl sites for hydroxylation is 3. The van der Waals surface area contributed by atoms with Crippen LogP contribution in [0.1, 0.15) is 25.2 Å². The molecule has 0 saturated carbocycles. The van der Waals surface area contributed by atoms with E-state index in [0.717, 1.165) is 22.4 Å². The number of pyridine rings is 3. The van der Waals surface area contributed by atoms with E-state index >= 15 is 0 Å². The average molecular weight is 779 g/mol. The zero-order valence-electron chi connectivity index (χ0n) is 31.1. The molecule has 7 rings (SSSR count). The first kappa shape index (κ1) is 26.2. The maximum atomic E-state index is 7.29. The van der Waals surface area contributed by atoms with Crippen LogP contribution in [0, 0.1) is 38.8 Å². The molecule has 4 aromatic carbocycles. The van der Waals surface area contributed by atoms with Crippen molar-refractivity contribution < 1.29 is 28.3 Å². The molecule has 7 aromatic rings. The second-order valence-corrected chi connectivity index (χ2v) is 9.90. The first-order valence-corrected chi connectivity index (χ1v) is 14.4. The number of aromatic nitrogens is 3. The first-order valence-electron chi connectivity index (χ1n) is 17.4. The van der Waals surface area contributed by atoms with Gasteiger partial charge in [-0.1, -0.05) is 60.7 Å². The zero-order valence-corrected chi connectivity index (χ0v) is 27.5. The third kappa shape index (κ3) is 9.74. The molecule has 0 aliphatic carbocycles. The quantitative estimate of drug-likeness (QED) is 0.167. The Morgan fingerprint density at radius 2 is 1.00 bits per heavy atom. The van der Waals surface area contributed by atoms with Crippen LogP contribution in [0.4, 0.5) is 0 Å². The molecule has 0 amide bonds. The summed E-state index contributed by atoms with van der Waals surface area (Å²) in [6, 6.07) is 54.3. The van der Waals surface area contributed by atoms with Gasteiger partial charge in [-0.3, -0.25) is 0 Å². The van der Waals surface area contributed by atoms with Gasteiger partial charge in [-0.15, -0.1) is 108 Å². The van der Waals surface area contributed by atoms with Crippen molar-refractivity contribution in [3.63, 3.8) is 0 Å². The van der Waals surface area contributed by atoms with Gasteiger partial charge in [0.15, 0.2) is 0 Å². The Balaban J connectivity index is 0.000000174. The van der Waals surface area contributed by atoms with E-state index in [2.05, 4.69) is 58.3 Å². The fraction of sp³-hybridized carbons (Fsp3) is 0.0714. The van der Waals surface area contributed by atoms with E-state index in [1.54, 1.807) is 36.4 Å². The maximum absolute atomic E-state index is 7.29. The van der Waals surface area contributed by atoms with Crippen LogP contribution < -0.4 is 0 Å². The van der Waals surface area contributed by atoms with E-state index < -0.39 is 13.7 Å². The number of rotatable bonds is 4. The third-order valence-electron chi connectivity index (χ3n) is 6.65. The molecule has 0 radical (unpaired) electrons. The van der Waals surface area contributed by atoms with Gasteiger partial charge in [0.25, 0.3) is 0 Å². The van der Waals surface area contributed by atoms with E-state index in [0.29, 0.717) is 11.4 Å². The topological polar surface area (TPSA) is 38.7 Å². The van der Waals surface area contributed by atoms with Crippen LogP contribution in [0.25, 0.3) is 44.9 Å². The summed E-state index contributed by atoms with van der Waals surface area (Å²) in [4.78, 5) is 12.8. The smallest absolute Gasteiger partial charge is 0.304 e. The largest absolute Gasteiger partial charge is 3.00 e. The van der Waals surface area contributed by atoms with Gasteiger partial charge >= 0.3 is 20.1 Å². The van der Waals surface area contributed by atoms with Crippen molar-refractivity contribution in [3.05, 3.63) is 187 Å². The van der Waals surface area contributed by atoms with Crippen LogP contribution in [0.5, 0.6) is 0 Å². The maximum Gasteiger partial charge on any atom is 3.00 e. The summed E-state index contributed by atoms with van der Waals surface area (Å²) in [5, 5.41) is 0. The summed E-state index contributed by atoms with van der Waals surface area (Å²) in [6.45, 7) is -2.20. The second kappa shape index (κ2) is 17.5. The van der Waals surface area contributed by atoms with E-state index in [1.165, 1.54) is 28.8 Å². The van der Waals surface area contributed by atoms with Gasteiger partial charge in [-0.05, 0) is 61.0 Å². The Morgan fingerprint density at radius 1 is 0.522 bits per heavy atom. The predicted molar refractivity (Wildman–Crippen MR) is 185 cm³/mol. The van der Waals surface area contributed by atoms with E-state index in [1.807, 2.05) is 85.1 Å². The van der Waals surface area contributed by atoms with Crippen LogP contribution in [0.3, 0.4) is 0 Å². The molecule has 226 valence electrons. The van der Waals surface area contributed by atoms with Crippen molar-refractivity contribution in [2.45, 2.75) is 20.6 Å². The summed E-state index contributed by atoms with van der Waals surface area (Å²) in [5.41, 5.74) is 8.71. The van der Waals surface area contributed by atoms with Crippen LogP contribution in [0.15, 0.2) is 152 Å². The van der Waals surface area contributed by atoms with Gasteiger partial charge < -0.3 is 15.0 Å². The number of nitrogens with zero attached hydrogens (tertiary/aromatic N) is 3. The molecule has 0 saturated heterocycles. The standard InChI is InChI=1S/C18H14N.2C12H10N.Ir/c1-14-12-18(16-10-6-3-7-11-16)19-13-17(14)15-8-4-2-5-9-15;2*1-10-6-5-9-12(13-10)11-7-3-2-4-8-11;/h2-10,12-13H,1H3;2*2-7,9H,1H3;/q3*-1;+3/i;2*1D3;. The number of hydrogen-bond acceptors (Lipinski definition) is 3. The van der Waals surface area contributed by atoms with Crippen molar-refractivity contribution >= 4 is 0 Å². The molecular formula is C42H34IrN3. The molecule has 0 atom stereocenters. The molecule has 0 bridgehead atoms. The monoisotopic (exact) mass is 779 g/mol. The molecular weight excluding hydrogens is 739 g/mol. The Kier molecular flexibility index (Phi) is 9.95. The summed E-state index contributed by atoms with van der Waals surface area (Å²) in [5.74, 6) is 0. The van der Waals surface area contributed by atoms with Crippen molar-refractivity contribution in [3.8, 4) is 44.9 Å². The fourth-order valence-electron chi connectivity index (χ4n) is 4.45. The van der Waals surface area contributed by atoms with Crippen LogP contribution in [0.2, 0.25) is 0 Å². The summed E-state index contributed by atoms with van der Waals surface area (Å²) >= 11 is 0. The molecule has 0 fully saturated rings. The van der Waals surface area contributed by atoms with Crippen molar-refractivity contribution in [1.29, 1.82) is 0 Å². The van der Waals surface area contributed by atoms with Gasteiger partial charge in [-0.2, -0.15) is 0 Å². The number of hydrogen-bond donors (Lipinski definition) is 0. The van der Waals surface area contributed by atoms with Gasteiger partial charge in [-0.25, -0.2) is 0 Å². The van der Waals surface area contributed by atoms with Crippen molar-refractivity contribution in [1.82, 2.24) is 15.0 Å². The van der Waals surface area contributed by atoms with Crippen LogP contribution in [-0.2, 0) is 20.1 Å². The Bertz CT molecular complexity index is 2030. The fourth-order valence-corrected chi connectivity index (χ4v) is 4.45. The Hall–Kier alpha value is -5.02. The van der Waals surface area contributed by atoms with Crippen molar-refractivity contribution in [2.75, 3.05) is 0 Å². The summed E-state index contributed by atoms with van der Waals surface area (Å²) < 4.78 is 43.8. The van der Waals surface area contributed by atoms with Crippen LogP contribution >= 0.6 is 0 Å². The summed E-state index contributed by atoms with van der Waals surface area (Å²) in [7, 11) is 0. The van der Waals surface area contributed by atoms with Gasteiger partial charge in [0.05, 0.1) is 0 Å².